The molecule has 0 atom stereocenters. The summed E-state index contributed by atoms with van der Waals surface area (Å²) < 4.78 is 6.13. The second-order valence-corrected chi connectivity index (χ2v) is 4.93. The molecule has 0 spiro atoms. The fourth-order valence-electron chi connectivity index (χ4n) is 1.62. The van der Waals surface area contributed by atoms with Crippen molar-refractivity contribution in [3.05, 3.63) is 39.8 Å². The number of ether oxygens (including phenoxy) is 1. The summed E-state index contributed by atoms with van der Waals surface area (Å²) in [4.78, 5) is 30.6. The third-order valence-corrected chi connectivity index (χ3v) is 3.13. The van der Waals surface area contributed by atoms with Gasteiger partial charge < -0.3 is 9.64 Å². The van der Waals surface area contributed by atoms with Crippen molar-refractivity contribution in [2.75, 3.05) is 26.8 Å². The molecule has 2 aromatic rings. The quantitative estimate of drug-likeness (QED) is 0.564. The van der Waals surface area contributed by atoms with Gasteiger partial charge in [0.15, 0.2) is 0 Å². The second-order valence-electron chi connectivity index (χ2n) is 4.50. The number of likely N-dealkylation sites (N-methyl/N-ethyl adjacent to an activating group) is 1. The molecule has 0 N–H and O–H groups in total. The number of aromatic nitrogens is 4. The SMILES string of the molecule is CCOCCN(C)C(=O)On1nnn(-c2ccc(Cl)cc2)c1=O. The highest BCUT2D eigenvalue weighted by atomic mass is 35.5. The summed E-state index contributed by atoms with van der Waals surface area (Å²) in [6.07, 6.45) is -0.741. The molecule has 0 saturated heterocycles. The maximum atomic E-state index is 12.1. The average Bonchev–Trinajstić information content (AvgIpc) is 2.89. The molecule has 124 valence electrons. The minimum Gasteiger partial charge on any atom is -0.380 e. The van der Waals surface area contributed by atoms with Gasteiger partial charge in [-0.05, 0) is 46.5 Å². The fourth-order valence-corrected chi connectivity index (χ4v) is 1.74. The summed E-state index contributed by atoms with van der Waals surface area (Å²) >= 11 is 5.79. The normalized spacial score (nSPS) is 10.6. The summed E-state index contributed by atoms with van der Waals surface area (Å²) in [6, 6.07) is 6.41. The Morgan fingerprint density at radius 1 is 1.30 bits per heavy atom. The van der Waals surface area contributed by atoms with Crippen molar-refractivity contribution in [2.24, 2.45) is 0 Å². The van der Waals surface area contributed by atoms with E-state index in [1.165, 1.54) is 11.9 Å². The minimum absolute atomic E-state index is 0.326. The van der Waals surface area contributed by atoms with E-state index in [9.17, 15) is 9.59 Å². The Labute approximate surface area is 136 Å². The topological polar surface area (TPSA) is 91.5 Å². The largest absolute Gasteiger partial charge is 0.435 e. The zero-order valence-electron chi connectivity index (χ0n) is 12.7. The first-order valence-corrected chi connectivity index (χ1v) is 7.23. The first kappa shape index (κ1) is 17.0. The molecule has 10 heteroatoms. The van der Waals surface area contributed by atoms with E-state index < -0.39 is 11.8 Å². The van der Waals surface area contributed by atoms with Crippen molar-refractivity contribution < 1.29 is 14.4 Å². The van der Waals surface area contributed by atoms with Gasteiger partial charge in [-0.3, -0.25) is 4.84 Å². The van der Waals surface area contributed by atoms with Crippen LogP contribution in [0.3, 0.4) is 0 Å². The van der Waals surface area contributed by atoms with Gasteiger partial charge in [0.05, 0.1) is 12.3 Å². The van der Waals surface area contributed by atoms with E-state index in [2.05, 4.69) is 10.4 Å². The van der Waals surface area contributed by atoms with Crippen molar-refractivity contribution in [3.8, 4) is 5.69 Å². The highest BCUT2D eigenvalue weighted by molar-refractivity contribution is 6.30. The molecule has 23 heavy (non-hydrogen) atoms. The van der Waals surface area contributed by atoms with Crippen LogP contribution in [0.5, 0.6) is 0 Å². The molecule has 0 radical (unpaired) electrons. The van der Waals surface area contributed by atoms with Crippen molar-refractivity contribution in [1.82, 2.24) is 24.9 Å². The number of nitrogens with zero attached hydrogens (tertiary/aromatic N) is 5. The fraction of sp³-hybridized carbons (Fsp3) is 0.385. The van der Waals surface area contributed by atoms with Crippen molar-refractivity contribution in [1.29, 1.82) is 0 Å². The molecule has 0 fully saturated rings. The Kier molecular flexibility index (Phi) is 5.72. The number of hydrogen-bond donors (Lipinski definition) is 0. The maximum absolute atomic E-state index is 12.1. The maximum Gasteiger partial charge on any atom is 0.435 e. The van der Waals surface area contributed by atoms with Gasteiger partial charge in [0.25, 0.3) is 0 Å². The second kappa shape index (κ2) is 7.75. The first-order chi connectivity index (χ1) is 11.0. The predicted molar refractivity (Wildman–Crippen MR) is 81.7 cm³/mol. The number of carbonyl (C=O) groups excluding carboxylic acids is 1. The lowest BCUT2D eigenvalue weighted by molar-refractivity contribution is 0.0658. The van der Waals surface area contributed by atoms with E-state index in [0.29, 0.717) is 35.3 Å². The van der Waals surface area contributed by atoms with Gasteiger partial charge in [0, 0.05) is 25.2 Å². The Morgan fingerprint density at radius 2 is 2.00 bits per heavy atom. The number of tetrazole rings is 1. The molecular weight excluding hydrogens is 326 g/mol. The van der Waals surface area contributed by atoms with Gasteiger partial charge in [-0.15, -0.1) is 0 Å². The van der Waals surface area contributed by atoms with E-state index in [-0.39, 0.29) is 0 Å². The van der Waals surface area contributed by atoms with Crippen LogP contribution >= 0.6 is 11.6 Å². The van der Waals surface area contributed by atoms with Crippen LogP contribution in [0.25, 0.3) is 5.69 Å². The van der Waals surface area contributed by atoms with Gasteiger partial charge in [-0.25, -0.2) is 9.59 Å². The van der Waals surface area contributed by atoms with Crippen LogP contribution in [0.4, 0.5) is 4.79 Å². The summed E-state index contributed by atoms with van der Waals surface area (Å²) in [5.41, 5.74) is -0.259. The molecule has 1 aromatic heterocycles. The molecule has 0 bridgehead atoms. The van der Waals surface area contributed by atoms with Crippen molar-refractivity contribution in [3.63, 3.8) is 0 Å². The Morgan fingerprint density at radius 3 is 2.65 bits per heavy atom. The van der Waals surface area contributed by atoms with Crippen LogP contribution in [0, 0.1) is 0 Å². The van der Waals surface area contributed by atoms with Gasteiger partial charge in [0.1, 0.15) is 0 Å². The van der Waals surface area contributed by atoms with Gasteiger partial charge in [-0.2, -0.15) is 4.68 Å². The predicted octanol–water partition coefficient (Wildman–Crippen LogP) is 0.599. The van der Waals surface area contributed by atoms with Crippen molar-refractivity contribution >= 4 is 17.7 Å². The number of carbonyl (C=O) groups is 1. The summed E-state index contributed by atoms with van der Waals surface area (Å²) in [7, 11) is 1.52. The zero-order chi connectivity index (χ0) is 16.8. The van der Waals surface area contributed by atoms with E-state index in [1.54, 1.807) is 24.3 Å². The van der Waals surface area contributed by atoms with E-state index in [1.807, 2.05) is 6.92 Å². The van der Waals surface area contributed by atoms with E-state index >= 15 is 0 Å². The van der Waals surface area contributed by atoms with E-state index in [4.69, 9.17) is 21.2 Å². The number of amides is 1. The lowest BCUT2D eigenvalue weighted by Gasteiger charge is -2.14. The molecular formula is C13H16ClN5O4. The van der Waals surface area contributed by atoms with Crippen LogP contribution < -0.4 is 10.5 Å². The number of benzene rings is 1. The Bertz CT molecular complexity index is 712. The molecule has 1 heterocycles. The number of hydrogen-bond acceptors (Lipinski definition) is 6. The molecule has 0 aliphatic carbocycles. The van der Waals surface area contributed by atoms with Crippen molar-refractivity contribution in [2.45, 2.75) is 6.92 Å². The van der Waals surface area contributed by atoms with Crippen LogP contribution in [0.1, 0.15) is 6.92 Å². The molecule has 9 nitrogen and oxygen atoms in total. The van der Waals surface area contributed by atoms with Gasteiger partial charge >= 0.3 is 11.8 Å². The zero-order valence-corrected chi connectivity index (χ0v) is 13.4. The summed E-state index contributed by atoms with van der Waals surface area (Å²) in [5.74, 6) is 0. The minimum atomic E-state index is -0.741. The molecule has 0 unspecified atom stereocenters. The van der Waals surface area contributed by atoms with Crippen LogP contribution in [-0.4, -0.2) is 57.8 Å². The Balaban J connectivity index is 2.06. The van der Waals surface area contributed by atoms with Gasteiger partial charge in [-0.1, -0.05) is 11.6 Å². The number of rotatable bonds is 6. The molecule has 0 aliphatic rings. The average molecular weight is 342 g/mol. The molecule has 2 rings (SSSR count). The van der Waals surface area contributed by atoms with Crippen LogP contribution in [0.2, 0.25) is 5.02 Å². The third-order valence-electron chi connectivity index (χ3n) is 2.88. The molecule has 0 aliphatic heterocycles. The smallest absolute Gasteiger partial charge is 0.380 e. The standard InChI is InChI=1S/C13H16ClN5O4/c1-3-22-9-8-17(2)13(21)23-19-12(20)18(15-16-19)11-6-4-10(14)5-7-11/h4-7H,3,8-9H2,1-2H3. The lowest BCUT2D eigenvalue weighted by Crippen LogP contribution is -2.40. The van der Waals surface area contributed by atoms with E-state index in [0.717, 1.165) is 4.68 Å². The lowest BCUT2D eigenvalue weighted by atomic mass is 10.3. The first-order valence-electron chi connectivity index (χ1n) is 6.85. The molecule has 0 saturated carbocycles. The van der Waals surface area contributed by atoms with Gasteiger partial charge in [0.2, 0.25) is 0 Å². The summed E-state index contributed by atoms with van der Waals surface area (Å²) in [5, 5.41) is 7.70. The monoisotopic (exact) mass is 341 g/mol. The summed E-state index contributed by atoms with van der Waals surface area (Å²) in [6.45, 7) is 3.10. The van der Waals surface area contributed by atoms with Crippen LogP contribution in [-0.2, 0) is 4.74 Å². The highest BCUT2D eigenvalue weighted by Gasteiger charge is 2.16. The van der Waals surface area contributed by atoms with Crippen LogP contribution in [0.15, 0.2) is 29.1 Å². The molecule has 1 aromatic carbocycles. The Hall–Kier alpha value is -2.39. The number of halogens is 1. The highest BCUT2D eigenvalue weighted by Crippen LogP contribution is 2.10. The third kappa shape index (κ3) is 4.30. The molecule has 1 amide bonds.